The molecule has 124 valence electrons. The molecule has 0 amide bonds. The number of thiophene rings is 2. The zero-order valence-corrected chi connectivity index (χ0v) is 15.0. The summed E-state index contributed by atoms with van der Waals surface area (Å²) in [5, 5.41) is 3.76. The minimum absolute atomic E-state index is 0.140. The number of rotatable bonds is 4. The third-order valence-electron chi connectivity index (χ3n) is 3.76. The third kappa shape index (κ3) is 2.83. The van der Waals surface area contributed by atoms with E-state index in [4.69, 9.17) is 18.9 Å². The molecule has 4 rings (SSSR count). The highest BCUT2D eigenvalue weighted by Crippen LogP contribution is 2.47. The molecule has 2 aromatic rings. The van der Waals surface area contributed by atoms with Crippen molar-refractivity contribution >= 4 is 33.5 Å². The molecule has 0 aromatic carbocycles. The molecule has 2 unspecified atom stereocenters. The molecule has 23 heavy (non-hydrogen) atoms. The Morgan fingerprint density at radius 3 is 2.35 bits per heavy atom. The summed E-state index contributed by atoms with van der Waals surface area (Å²) in [5.74, 6) is 3.12. The maximum Gasteiger partial charge on any atom is 0.176 e. The van der Waals surface area contributed by atoms with Gasteiger partial charge in [0.2, 0.25) is 0 Å². The topological polar surface area (TPSA) is 54.0 Å². The summed E-state index contributed by atoms with van der Waals surface area (Å²) in [4.78, 5) is 2.05. The molecular weight excluding hydrogens is 356 g/mol. The van der Waals surface area contributed by atoms with Gasteiger partial charge in [0, 0.05) is 34.2 Å². The lowest BCUT2D eigenvalue weighted by molar-refractivity contribution is 0.171. The Balaban J connectivity index is 1.65. The van der Waals surface area contributed by atoms with E-state index in [1.807, 2.05) is 10.8 Å². The summed E-state index contributed by atoms with van der Waals surface area (Å²) in [6, 6.07) is 0. The molecule has 2 aromatic heterocycles. The molecule has 4 heterocycles. The van der Waals surface area contributed by atoms with Crippen molar-refractivity contribution in [3.8, 4) is 23.0 Å². The van der Waals surface area contributed by atoms with Crippen molar-refractivity contribution in [3.63, 3.8) is 0 Å². The molecule has 2 aliphatic rings. The quantitative estimate of drug-likeness (QED) is 0.826. The SMILES string of the molecule is CS(=O)C(Cc1scc2c1OCCO2)c1scc2c1OCCO2. The van der Waals surface area contributed by atoms with Crippen molar-refractivity contribution in [1.82, 2.24) is 0 Å². The molecule has 8 heteroatoms. The zero-order chi connectivity index (χ0) is 15.8. The first-order chi connectivity index (χ1) is 11.2. The van der Waals surface area contributed by atoms with Gasteiger partial charge in [-0.15, -0.1) is 22.7 Å². The lowest BCUT2D eigenvalue weighted by atomic mass is 10.2. The maximum absolute atomic E-state index is 12.4. The van der Waals surface area contributed by atoms with Gasteiger partial charge in [-0.25, -0.2) is 0 Å². The van der Waals surface area contributed by atoms with Crippen LogP contribution in [0.4, 0.5) is 0 Å². The van der Waals surface area contributed by atoms with Crippen LogP contribution in [0.2, 0.25) is 0 Å². The van der Waals surface area contributed by atoms with Crippen LogP contribution in [0.1, 0.15) is 15.0 Å². The van der Waals surface area contributed by atoms with Gasteiger partial charge in [0.1, 0.15) is 26.4 Å². The van der Waals surface area contributed by atoms with Crippen LogP contribution in [-0.2, 0) is 17.2 Å². The van der Waals surface area contributed by atoms with Crippen molar-refractivity contribution in [1.29, 1.82) is 0 Å². The van der Waals surface area contributed by atoms with Crippen LogP contribution in [0.15, 0.2) is 10.8 Å². The van der Waals surface area contributed by atoms with Gasteiger partial charge in [-0.05, 0) is 0 Å². The van der Waals surface area contributed by atoms with E-state index in [-0.39, 0.29) is 5.25 Å². The third-order valence-corrected chi connectivity index (χ3v) is 7.14. The predicted molar refractivity (Wildman–Crippen MR) is 91.1 cm³/mol. The van der Waals surface area contributed by atoms with Crippen molar-refractivity contribution in [2.24, 2.45) is 0 Å². The molecule has 0 radical (unpaired) electrons. The van der Waals surface area contributed by atoms with Crippen LogP contribution in [0.3, 0.4) is 0 Å². The lowest BCUT2D eigenvalue weighted by Crippen LogP contribution is -2.17. The van der Waals surface area contributed by atoms with Gasteiger partial charge in [-0.3, -0.25) is 4.21 Å². The average molecular weight is 372 g/mol. The van der Waals surface area contributed by atoms with E-state index in [1.54, 1.807) is 28.9 Å². The van der Waals surface area contributed by atoms with Crippen molar-refractivity contribution in [2.75, 3.05) is 32.7 Å². The summed E-state index contributed by atoms with van der Waals surface area (Å²) in [7, 11) is -1.03. The van der Waals surface area contributed by atoms with E-state index < -0.39 is 10.8 Å². The molecule has 0 N–H and O–H groups in total. The molecule has 2 atom stereocenters. The fraction of sp³-hybridized carbons (Fsp3) is 0.467. The minimum Gasteiger partial charge on any atom is -0.485 e. The molecule has 0 aliphatic carbocycles. The molecule has 5 nitrogen and oxygen atoms in total. The Morgan fingerprint density at radius 1 is 1.00 bits per heavy atom. The van der Waals surface area contributed by atoms with Crippen LogP contribution in [0.25, 0.3) is 0 Å². The Hall–Kier alpha value is -1.25. The fourth-order valence-corrected chi connectivity index (χ4v) is 6.04. The van der Waals surface area contributed by atoms with E-state index in [9.17, 15) is 4.21 Å². The molecule has 0 fully saturated rings. The van der Waals surface area contributed by atoms with Gasteiger partial charge in [-0.1, -0.05) is 0 Å². The van der Waals surface area contributed by atoms with Crippen molar-refractivity contribution in [2.45, 2.75) is 11.7 Å². The second-order valence-corrected chi connectivity index (χ2v) is 8.67. The second-order valence-electron chi connectivity index (χ2n) is 5.23. The van der Waals surface area contributed by atoms with E-state index in [2.05, 4.69) is 0 Å². The molecule has 0 saturated carbocycles. The highest BCUT2D eigenvalue weighted by molar-refractivity contribution is 7.84. The smallest absolute Gasteiger partial charge is 0.176 e. The van der Waals surface area contributed by atoms with Crippen LogP contribution < -0.4 is 18.9 Å². The van der Waals surface area contributed by atoms with Crippen molar-refractivity contribution in [3.05, 3.63) is 20.5 Å². The number of hydrogen-bond donors (Lipinski definition) is 0. The standard InChI is InChI=1S/C15H16O5S3/c1-23(16)12(15-14-10(8-22-15)18-3-5-20-14)6-11-13-9(7-21-11)17-2-4-19-13/h7-8,12H,2-6H2,1H3. The Bertz CT molecular complexity index is 736. The summed E-state index contributed by atoms with van der Waals surface area (Å²) in [6.07, 6.45) is 2.38. The van der Waals surface area contributed by atoms with Gasteiger partial charge in [0.25, 0.3) is 0 Å². The Morgan fingerprint density at radius 2 is 1.61 bits per heavy atom. The summed E-state index contributed by atoms with van der Waals surface area (Å²) >= 11 is 3.14. The summed E-state index contributed by atoms with van der Waals surface area (Å²) in [6.45, 7) is 2.23. The zero-order valence-electron chi connectivity index (χ0n) is 12.5. The number of ether oxygens (including phenoxy) is 4. The number of hydrogen-bond acceptors (Lipinski definition) is 7. The first-order valence-corrected chi connectivity index (χ1v) is 10.7. The highest BCUT2D eigenvalue weighted by Gasteiger charge is 2.30. The molecular formula is C15H16O5S3. The van der Waals surface area contributed by atoms with Gasteiger partial charge < -0.3 is 18.9 Å². The minimum atomic E-state index is -1.03. The molecule has 0 bridgehead atoms. The van der Waals surface area contributed by atoms with Crippen LogP contribution >= 0.6 is 22.7 Å². The highest BCUT2D eigenvalue weighted by atomic mass is 32.2. The van der Waals surface area contributed by atoms with E-state index in [0.717, 1.165) is 32.8 Å². The van der Waals surface area contributed by atoms with Gasteiger partial charge in [0.05, 0.1) is 15.0 Å². The normalized spacial score (nSPS) is 18.5. The Labute approximate surface area is 144 Å². The van der Waals surface area contributed by atoms with E-state index >= 15 is 0 Å². The van der Waals surface area contributed by atoms with E-state index in [1.165, 1.54) is 0 Å². The van der Waals surface area contributed by atoms with Crippen LogP contribution in [0.5, 0.6) is 23.0 Å². The fourth-order valence-electron chi connectivity index (χ4n) is 2.69. The lowest BCUT2D eigenvalue weighted by Gasteiger charge is -2.20. The molecule has 0 spiro atoms. The van der Waals surface area contributed by atoms with Crippen LogP contribution in [0, 0.1) is 0 Å². The summed E-state index contributed by atoms with van der Waals surface area (Å²) in [5.41, 5.74) is 0. The first kappa shape index (κ1) is 15.3. The van der Waals surface area contributed by atoms with Gasteiger partial charge >= 0.3 is 0 Å². The summed E-state index contributed by atoms with van der Waals surface area (Å²) < 4.78 is 35.1. The maximum atomic E-state index is 12.4. The predicted octanol–water partition coefficient (Wildman–Crippen LogP) is 3.01. The number of fused-ring (bicyclic) bond motifs is 2. The Kier molecular flexibility index (Phi) is 4.21. The molecule has 2 aliphatic heterocycles. The van der Waals surface area contributed by atoms with Crippen LogP contribution in [-0.4, -0.2) is 36.9 Å². The molecule has 0 saturated heterocycles. The monoisotopic (exact) mass is 372 g/mol. The van der Waals surface area contributed by atoms with Crippen molar-refractivity contribution < 1.29 is 23.2 Å². The largest absolute Gasteiger partial charge is 0.485 e. The average Bonchev–Trinajstić information content (AvgIpc) is 3.16. The van der Waals surface area contributed by atoms with E-state index in [0.29, 0.717) is 32.8 Å². The van der Waals surface area contributed by atoms with Gasteiger partial charge in [-0.2, -0.15) is 0 Å². The second kappa shape index (κ2) is 6.33. The van der Waals surface area contributed by atoms with Gasteiger partial charge in [0.15, 0.2) is 23.0 Å². The first-order valence-electron chi connectivity index (χ1n) is 7.29.